The smallest absolute Gasteiger partial charge is 0.00921 e. The average Bonchev–Trinajstić information content (AvgIpc) is 3.37. The second-order valence-electron chi connectivity index (χ2n) is 20.9. The van der Waals surface area contributed by atoms with E-state index in [2.05, 4.69) is 260 Å². The number of fused-ring (bicyclic) bond motifs is 10. The zero-order valence-corrected chi connectivity index (χ0v) is 39.8. The summed E-state index contributed by atoms with van der Waals surface area (Å²) in [5.41, 5.74) is 15.2. The molecule has 0 heteroatoms. The summed E-state index contributed by atoms with van der Waals surface area (Å²) in [7, 11) is 0. The Morgan fingerprint density at radius 3 is 0.868 bits per heavy atom. The summed E-state index contributed by atoms with van der Waals surface area (Å²) >= 11 is 0. The molecule has 12 rings (SSSR count). The third-order valence-electron chi connectivity index (χ3n) is 14.6. The summed E-state index contributed by atoms with van der Waals surface area (Å²) in [5, 5.41) is 15.2. The van der Waals surface area contributed by atoms with E-state index in [0.29, 0.717) is 0 Å². The Balaban J connectivity index is 1.13. The Morgan fingerprint density at radius 2 is 0.456 bits per heavy atom. The van der Waals surface area contributed by atoms with Crippen molar-refractivity contribution in [3.63, 3.8) is 0 Å². The van der Waals surface area contributed by atoms with E-state index in [1.54, 1.807) is 0 Å². The summed E-state index contributed by atoms with van der Waals surface area (Å²) in [6.45, 7) is 13.7. The molecule has 0 aliphatic heterocycles. The van der Waals surface area contributed by atoms with E-state index in [9.17, 15) is 0 Å². The number of rotatable bonds is 5. The summed E-state index contributed by atoms with van der Waals surface area (Å²) in [6, 6.07) is 82.4. The second-order valence-corrected chi connectivity index (χ2v) is 20.9. The normalized spacial score (nSPS) is 12.3. The van der Waals surface area contributed by atoms with Crippen molar-refractivity contribution in [2.45, 2.75) is 52.4 Å². The third-order valence-corrected chi connectivity index (χ3v) is 14.6. The minimum atomic E-state index is 0.0591. The SMILES string of the molecule is CC(C)(C)c1ccc(-c2cc3c4ccc(-c5ccc6c(-c7ccccc7)cc7c8ccccc8c(-c8ccccc8)cc7c6c5)cc4c(-c4ccc(C(C)(C)C)cc4)cc3c3ccccc23)cc1. The lowest BCUT2D eigenvalue weighted by Crippen LogP contribution is -2.10. The third kappa shape index (κ3) is 7.06. The average molecular weight is 871 g/mol. The monoisotopic (exact) mass is 870 g/mol. The highest BCUT2D eigenvalue weighted by Gasteiger charge is 2.20. The van der Waals surface area contributed by atoms with Crippen molar-refractivity contribution in [1.82, 2.24) is 0 Å². The van der Waals surface area contributed by atoms with Gasteiger partial charge in [-0.1, -0.05) is 224 Å². The van der Waals surface area contributed by atoms with Crippen LogP contribution >= 0.6 is 0 Å². The maximum Gasteiger partial charge on any atom is -0.00921 e. The molecule has 0 amide bonds. The van der Waals surface area contributed by atoms with Crippen molar-refractivity contribution in [2.24, 2.45) is 0 Å². The van der Waals surface area contributed by atoms with Gasteiger partial charge >= 0.3 is 0 Å². The predicted octanol–water partition coefficient (Wildman–Crippen LogP) is 19.5. The van der Waals surface area contributed by atoms with Crippen LogP contribution in [0.25, 0.3) is 120 Å². The lowest BCUT2D eigenvalue weighted by molar-refractivity contribution is 0.590. The van der Waals surface area contributed by atoms with Gasteiger partial charge in [-0.2, -0.15) is 0 Å². The fraction of sp³-hybridized carbons (Fsp3) is 0.118. The maximum absolute atomic E-state index is 2.47. The Morgan fingerprint density at radius 1 is 0.191 bits per heavy atom. The van der Waals surface area contributed by atoms with Crippen LogP contribution in [-0.2, 0) is 10.8 Å². The maximum atomic E-state index is 2.47. The van der Waals surface area contributed by atoms with Crippen LogP contribution in [0.3, 0.4) is 0 Å². The summed E-state index contributed by atoms with van der Waals surface area (Å²) in [6.07, 6.45) is 0. The molecular weight excluding hydrogens is 817 g/mol. The first-order valence-electron chi connectivity index (χ1n) is 24.2. The molecule has 0 saturated carbocycles. The van der Waals surface area contributed by atoms with Crippen LogP contribution in [0.2, 0.25) is 0 Å². The van der Waals surface area contributed by atoms with E-state index < -0.39 is 0 Å². The van der Waals surface area contributed by atoms with E-state index in [1.165, 1.54) is 131 Å². The fourth-order valence-corrected chi connectivity index (χ4v) is 10.8. The molecule has 0 heterocycles. The van der Waals surface area contributed by atoms with Gasteiger partial charge in [-0.15, -0.1) is 0 Å². The second kappa shape index (κ2) is 15.9. The van der Waals surface area contributed by atoms with Crippen LogP contribution in [0.5, 0.6) is 0 Å². The summed E-state index contributed by atoms with van der Waals surface area (Å²) in [4.78, 5) is 0. The van der Waals surface area contributed by atoms with Crippen molar-refractivity contribution in [3.05, 3.63) is 230 Å². The standard InChI is InChI=1S/C68H54/c1-67(2,3)49-31-25-45(26-32-49)59-40-65-56-36-30-47(37-61(56)60(42-63(65)53-23-15-14-22-52(53)59)46-27-33-50(34-28-46)68(4,5)6)48-29-35-55-58(44-19-11-8-12-20-44)39-64-54-24-16-13-21-51(54)57(41-66(64)62(55)38-48)43-17-9-7-10-18-43/h7-42H,1-6H3. The molecule has 12 aromatic carbocycles. The molecule has 326 valence electrons. The molecule has 0 radical (unpaired) electrons. The fourth-order valence-electron chi connectivity index (χ4n) is 10.8. The van der Waals surface area contributed by atoms with Crippen LogP contribution in [0, 0.1) is 0 Å². The first-order valence-corrected chi connectivity index (χ1v) is 24.2. The topological polar surface area (TPSA) is 0 Å². The van der Waals surface area contributed by atoms with Gasteiger partial charge in [-0.3, -0.25) is 0 Å². The molecule has 0 saturated heterocycles. The van der Waals surface area contributed by atoms with Gasteiger partial charge in [-0.25, -0.2) is 0 Å². The molecule has 68 heavy (non-hydrogen) atoms. The molecule has 0 aliphatic rings. The van der Waals surface area contributed by atoms with Crippen LogP contribution in [0.4, 0.5) is 0 Å². The Kier molecular flexibility index (Phi) is 9.75. The Bertz CT molecular complexity index is 3920. The highest BCUT2D eigenvalue weighted by Crippen LogP contribution is 2.46. The molecule has 0 bridgehead atoms. The minimum absolute atomic E-state index is 0.0591. The predicted molar refractivity (Wildman–Crippen MR) is 296 cm³/mol. The molecular formula is C68H54. The van der Waals surface area contributed by atoms with Gasteiger partial charge in [-0.05, 0) is 179 Å². The lowest BCUT2D eigenvalue weighted by atomic mass is 9.83. The van der Waals surface area contributed by atoms with Gasteiger partial charge in [0.2, 0.25) is 0 Å². The van der Waals surface area contributed by atoms with Crippen molar-refractivity contribution in [2.75, 3.05) is 0 Å². The van der Waals surface area contributed by atoms with Crippen molar-refractivity contribution < 1.29 is 0 Å². The zero-order valence-electron chi connectivity index (χ0n) is 39.8. The van der Waals surface area contributed by atoms with Crippen LogP contribution in [0.1, 0.15) is 52.7 Å². The molecule has 0 aliphatic carbocycles. The molecule has 0 N–H and O–H groups in total. The zero-order chi connectivity index (χ0) is 46.3. The molecule has 12 aromatic rings. The van der Waals surface area contributed by atoms with Crippen molar-refractivity contribution in [3.8, 4) is 55.6 Å². The quantitative estimate of drug-likeness (QED) is 0.151. The van der Waals surface area contributed by atoms with Gasteiger partial charge in [0.1, 0.15) is 0 Å². The Hall–Kier alpha value is -7.80. The van der Waals surface area contributed by atoms with E-state index in [1.807, 2.05) is 0 Å². The molecule has 0 aromatic heterocycles. The van der Waals surface area contributed by atoms with Crippen molar-refractivity contribution >= 4 is 64.6 Å². The van der Waals surface area contributed by atoms with Gasteiger partial charge in [0.25, 0.3) is 0 Å². The van der Waals surface area contributed by atoms with Gasteiger partial charge in [0.05, 0.1) is 0 Å². The Labute approximate surface area is 400 Å². The highest BCUT2D eigenvalue weighted by molar-refractivity contribution is 6.26. The van der Waals surface area contributed by atoms with Crippen LogP contribution < -0.4 is 0 Å². The number of hydrogen-bond donors (Lipinski definition) is 0. The number of hydrogen-bond acceptors (Lipinski definition) is 0. The molecule has 0 atom stereocenters. The summed E-state index contributed by atoms with van der Waals surface area (Å²) < 4.78 is 0. The molecule has 0 nitrogen and oxygen atoms in total. The van der Waals surface area contributed by atoms with Gasteiger partial charge < -0.3 is 0 Å². The minimum Gasteiger partial charge on any atom is -0.0622 e. The van der Waals surface area contributed by atoms with Gasteiger partial charge in [0, 0.05) is 0 Å². The summed E-state index contributed by atoms with van der Waals surface area (Å²) in [5.74, 6) is 0. The van der Waals surface area contributed by atoms with Crippen molar-refractivity contribution in [1.29, 1.82) is 0 Å². The molecule has 0 spiro atoms. The molecule has 0 fully saturated rings. The van der Waals surface area contributed by atoms with E-state index >= 15 is 0 Å². The lowest BCUT2D eigenvalue weighted by Gasteiger charge is -2.21. The van der Waals surface area contributed by atoms with E-state index in [4.69, 9.17) is 0 Å². The first-order chi connectivity index (χ1) is 33.0. The van der Waals surface area contributed by atoms with E-state index in [0.717, 1.165) is 0 Å². The highest BCUT2D eigenvalue weighted by atomic mass is 14.2. The van der Waals surface area contributed by atoms with Crippen LogP contribution in [-0.4, -0.2) is 0 Å². The first kappa shape index (κ1) is 41.6. The largest absolute Gasteiger partial charge is 0.0622 e. The number of benzene rings is 12. The van der Waals surface area contributed by atoms with Crippen LogP contribution in [0.15, 0.2) is 218 Å². The molecule has 0 unspecified atom stereocenters. The van der Waals surface area contributed by atoms with E-state index in [-0.39, 0.29) is 10.8 Å². The van der Waals surface area contributed by atoms with Gasteiger partial charge in [0.15, 0.2) is 0 Å².